The van der Waals surface area contributed by atoms with Crippen molar-refractivity contribution in [3.63, 3.8) is 0 Å². The molecule has 5 nitrogen and oxygen atoms in total. The van der Waals surface area contributed by atoms with Crippen LogP contribution in [0, 0.1) is 5.82 Å². The second-order valence-corrected chi connectivity index (χ2v) is 5.40. The van der Waals surface area contributed by atoms with Gasteiger partial charge < -0.3 is 14.2 Å². The second kappa shape index (κ2) is 6.76. The van der Waals surface area contributed by atoms with Gasteiger partial charge in [0.1, 0.15) is 17.3 Å². The van der Waals surface area contributed by atoms with Crippen LogP contribution in [-0.2, 0) is 9.53 Å². The van der Waals surface area contributed by atoms with E-state index in [1.165, 1.54) is 25.3 Å². The normalized spacial score (nSPS) is 15.5. The van der Waals surface area contributed by atoms with Crippen LogP contribution in [0.1, 0.15) is 22.8 Å². The van der Waals surface area contributed by atoms with Crippen molar-refractivity contribution in [1.29, 1.82) is 0 Å². The molecule has 3 rings (SSSR count). The molecule has 1 heterocycles. The maximum atomic E-state index is 13.7. The van der Waals surface area contributed by atoms with Crippen molar-refractivity contribution in [3.05, 3.63) is 65.2 Å². The van der Waals surface area contributed by atoms with E-state index in [2.05, 4.69) is 4.74 Å². The van der Waals surface area contributed by atoms with Gasteiger partial charge in [0.15, 0.2) is 11.9 Å². The van der Waals surface area contributed by atoms with E-state index in [9.17, 15) is 14.0 Å². The number of benzene rings is 2. The molecule has 0 fully saturated rings. The quantitative estimate of drug-likeness (QED) is 0.630. The van der Waals surface area contributed by atoms with E-state index in [-0.39, 0.29) is 17.1 Å². The summed E-state index contributed by atoms with van der Waals surface area (Å²) in [5.74, 6) is -0.626. The Kier molecular flexibility index (Phi) is 4.52. The van der Waals surface area contributed by atoms with Crippen LogP contribution in [0.4, 0.5) is 4.39 Å². The zero-order chi connectivity index (χ0) is 18.0. The third kappa shape index (κ3) is 3.38. The summed E-state index contributed by atoms with van der Waals surface area (Å²) >= 11 is 0. The largest absolute Gasteiger partial charge is 0.479 e. The maximum Gasteiger partial charge on any atom is 0.346 e. The Morgan fingerprint density at radius 1 is 1.24 bits per heavy atom. The van der Waals surface area contributed by atoms with Gasteiger partial charge in [-0.15, -0.1) is 0 Å². The Balaban J connectivity index is 1.84. The zero-order valence-electron chi connectivity index (χ0n) is 13.6. The standard InChI is InChI=1S/C19H15FO5/c1-11(19(22)23-2)24-13-7-8-14-16(10-13)25-17(18(14)21)9-12-5-3-4-6-15(12)20/h3-11H,1-2H3/b17-9-. The Hall–Kier alpha value is -3.15. The molecule has 1 aliphatic heterocycles. The van der Waals surface area contributed by atoms with Crippen LogP contribution in [0.3, 0.4) is 0 Å². The molecule has 2 aromatic rings. The Labute approximate surface area is 143 Å². The number of rotatable bonds is 4. The molecule has 1 atom stereocenters. The highest BCUT2D eigenvalue weighted by atomic mass is 19.1. The third-order valence-electron chi connectivity index (χ3n) is 3.68. The number of esters is 1. The number of fused-ring (bicyclic) bond motifs is 1. The molecule has 0 radical (unpaired) electrons. The van der Waals surface area contributed by atoms with Gasteiger partial charge in [-0.1, -0.05) is 18.2 Å². The van der Waals surface area contributed by atoms with Crippen molar-refractivity contribution >= 4 is 17.8 Å². The molecule has 6 heteroatoms. The Morgan fingerprint density at radius 2 is 2.00 bits per heavy atom. The predicted molar refractivity (Wildman–Crippen MR) is 87.9 cm³/mol. The molecule has 1 unspecified atom stereocenters. The fourth-order valence-electron chi connectivity index (χ4n) is 2.39. The number of Topliss-reactive ketones (excluding diaryl/α,β-unsaturated/α-hetero) is 1. The van der Waals surface area contributed by atoms with Crippen LogP contribution in [-0.4, -0.2) is 25.0 Å². The van der Waals surface area contributed by atoms with Crippen LogP contribution in [0.2, 0.25) is 0 Å². The van der Waals surface area contributed by atoms with Gasteiger partial charge in [-0.05, 0) is 31.2 Å². The molecule has 0 N–H and O–H groups in total. The Bertz CT molecular complexity index is 872. The van der Waals surface area contributed by atoms with Gasteiger partial charge in [0.2, 0.25) is 5.78 Å². The molecule has 1 aliphatic rings. The lowest BCUT2D eigenvalue weighted by Crippen LogP contribution is -2.24. The van der Waals surface area contributed by atoms with E-state index in [4.69, 9.17) is 9.47 Å². The summed E-state index contributed by atoms with van der Waals surface area (Å²) in [5.41, 5.74) is 0.607. The highest BCUT2D eigenvalue weighted by Gasteiger charge is 2.28. The summed E-state index contributed by atoms with van der Waals surface area (Å²) in [5, 5.41) is 0. The van der Waals surface area contributed by atoms with E-state index in [1.807, 2.05) is 0 Å². The number of methoxy groups -OCH3 is 1. The SMILES string of the molecule is COC(=O)C(C)Oc1ccc2c(c1)O/C(=C\c1ccccc1F)C2=O. The van der Waals surface area contributed by atoms with E-state index < -0.39 is 17.9 Å². The van der Waals surface area contributed by atoms with Crippen molar-refractivity contribution in [3.8, 4) is 11.5 Å². The number of ketones is 1. The monoisotopic (exact) mass is 342 g/mol. The lowest BCUT2D eigenvalue weighted by Gasteiger charge is -2.12. The zero-order valence-corrected chi connectivity index (χ0v) is 13.6. The molecule has 0 aromatic heterocycles. The number of halogens is 1. The van der Waals surface area contributed by atoms with Gasteiger partial charge in [0.05, 0.1) is 12.7 Å². The minimum absolute atomic E-state index is 0.0262. The van der Waals surface area contributed by atoms with Gasteiger partial charge in [0, 0.05) is 11.6 Å². The van der Waals surface area contributed by atoms with Gasteiger partial charge in [-0.25, -0.2) is 9.18 Å². The summed E-state index contributed by atoms with van der Waals surface area (Å²) in [6, 6.07) is 10.7. The minimum atomic E-state index is -0.798. The molecule has 0 amide bonds. The van der Waals surface area contributed by atoms with Gasteiger partial charge in [-0.3, -0.25) is 4.79 Å². The average Bonchev–Trinajstić information content (AvgIpc) is 2.91. The fourth-order valence-corrected chi connectivity index (χ4v) is 2.39. The van der Waals surface area contributed by atoms with E-state index in [1.54, 1.807) is 37.3 Å². The highest BCUT2D eigenvalue weighted by molar-refractivity contribution is 6.14. The molecule has 0 aliphatic carbocycles. The van der Waals surface area contributed by atoms with Crippen molar-refractivity contribution < 1.29 is 28.2 Å². The fraction of sp³-hybridized carbons (Fsp3) is 0.158. The predicted octanol–water partition coefficient (Wildman–Crippen LogP) is 3.38. The molecular formula is C19H15FO5. The van der Waals surface area contributed by atoms with E-state index in [0.29, 0.717) is 17.1 Å². The maximum absolute atomic E-state index is 13.7. The lowest BCUT2D eigenvalue weighted by atomic mass is 10.1. The summed E-state index contributed by atoms with van der Waals surface area (Å²) in [7, 11) is 1.27. The third-order valence-corrected chi connectivity index (χ3v) is 3.68. The van der Waals surface area contributed by atoms with E-state index in [0.717, 1.165) is 0 Å². The van der Waals surface area contributed by atoms with Gasteiger partial charge in [-0.2, -0.15) is 0 Å². The number of carbonyl (C=O) groups excluding carboxylic acids is 2. The second-order valence-electron chi connectivity index (χ2n) is 5.40. The molecule has 0 spiro atoms. The van der Waals surface area contributed by atoms with Crippen LogP contribution < -0.4 is 9.47 Å². The topological polar surface area (TPSA) is 61.8 Å². The molecular weight excluding hydrogens is 327 g/mol. The average molecular weight is 342 g/mol. The van der Waals surface area contributed by atoms with Gasteiger partial charge >= 0.3 is 5.97 Å². The first-order chi connectivity index (χ1) is 12.0. The lowest BCUT2D eigenvalue weighted by molar-refractivity contribution is -0.147. The molecule has 2 aromatic carbocycles. The number of hydrogen-bond acceptors (Lipinski definition) is 5. The van der Waals surface area contributed by atoms with Crippen molar-refractivity contribution in [2.45, 2.75) is 13.0 Å². The summed E-state index contributed by atoms with van der Waals surface area (Å²) in [6.07, 6.45) is 0.559. The number of carbonyl (C=O) groups is 2. The highest BCUT2D eigenvalue weighted by Crippen LogP contribution is 2.35. The number of hydrogen-bond donors (Lipinski definition) is 0. The van der Waals surface area contributed by atoms with Crippen LogP contribution >= 0.6 is 0 Å². The van der Waals surface area contributed by atoms with Crippen LogP contribution in [0.15, 0.2) is 48.2 Å². The van der Waals surface area contributed by atoms with Crippen molar-refractivity contribution in [1.82, 2.24) is 0 Å². The summed E-state index contributed by atoms with van der Waals surface area (Å²) < 4.78 is 29.3. The van der Waals surface area contributed by atoms with Crippen LogP contribution in [0.25, 0.3) is 6.08 Å². The van der Waals surface area contributed by atoms with Crippen molar-refractivity contribution in [2.24, 2.45) is 0 Å². The molecule has 0 bridgehead atoms. The molecule has 0 saturated heterocycles. The molecule has 25 heavy (non-hydrogen) atoms. The number of allylic oxidation sites excluding steroid dienone is 1. The van der Waals surface area contributed by atoms with E-state index >= 15 is 0 Å². The first kappa shape index (κ1) is 16.7. The smallest absolute Gasteiger partial charge is 0.346 e. The first-order valence-electron chi connectivity index (χ1n) is 7.57. The summed E-state index contributed by atoms with van der Waals surface area (Å²) in [4.78, 5) is 23.8. The van der Waals surface area contributed by atoms with Gasteiger partial charge in [0.25, 0.3) is 0 Å². The first-order valence-corrected chi connectivity index (χ1v) is 7.57. The van der Waals surface area contributed by atoms with Crippen molar-refractivity contribution in [2.75, 3.05) is 7.11 Å². The molecule has 128 valence electrons. The van der Waals surface area contributed by atoms with Crippen LogP contribution in [0.5, 0.6) is 11.5 Å². The molecule has 0 saturated carbocycles. The minimum Gasteiger partial charge on any atom is -0.479 e. The number of ether oxygens (including phenoxy) is 3. The Morgan fingerprint density at radius 3 is 2.72 bits per heavy atom. The summed E-state index contributed by atoms with van der Waals surface area (Å²) in [6.45, 7) is 1.55.